The van der Waals surface area contributed by atoms with Crippen molar-refractivity contribution in [2.75, 3.05) is 24.5 Å². The normalized spacial score (nSPS) is 20.1. The Morgan fingerprint density at radius 1 is 1.19 bits per heavy atom. The van der Waals surface area contributed by atoms with Gasteiger partial charge >= 0.3 is 0 Å². The van der Waals surface area contributed by atoms with Gasteiger partial charge in [0.1, 0.15) is 11.6 Å². The van der Waals surface area contributed by atoms with Crippen LogP contribution in [0.3, 0.4) is 0 Å². The van der Waals surface area contributed by atoms with E-state index in [1.54, 1.807) is 12.1 Å². The van der Waals surface area contributed by atoms with Crippen molar-refractivity contribution in [2.24, 2.45) is 0 Å². The molecule has 0 spiro atoms. The highest BCUT2D eigenvalue weighted by Crippen LogP contribution is 2.35. The van der Waals surface area contributed by atoms with E-state index in [4.69, 9.17) is 5.10 Å². The Morgan fingerprint density at radius 3 is 3.00 bits per heavy atom. The first-order chi connectivity index (χ1) is 12.8. The van der Waals surface area contributed by atoms with Crippen molar-refractivity contribution in [3.05, 3.63) is 65.7 Å². The number of nitrogens with one attached hydrogen (secondary N) is 1. The Hall–Kier alpha value is -2.73. The van der Waals surface area contributed by atoms with Crippen LogP contribution < -0.4 is 10.2 Å². The number of hydrogen-bond acceptors (Lipinski definition) is 4. The molecule has 2 aliphatic rings. The van der Waals surface area contributed by atoms with Crippen LogP contribution in [0.5, 0.6) is 0 Å². The van der Waals surface area contributed by atoms with E-state index >= 15 is 0 Å². The predicted octanol–water partition coefficient (Wildman–Crippen LogP) is 3.20. The average molecular weight is 349 g/mol. The molecule has 132 valence electrons. The monoisotopic (exact) mass is 349 g/mol. The summed E-state index contributed by atoms with van der Waals surface area (Å²) in [5, 5.41) is 8.20. The Balaban J connectivity index is 1.54. The summed E-state index contributed by atoms with van der Waals surface area (Å²) in [5.41, 5.74) is 4.12. The molecule has 5 nitrogen and oxygen atoms in total. The van der Waals surface area contributed by atoms with Crippen LogP contribution in [-0.2, 0) is 0 Å². The molecule has 0 bridgehead atoms. The predicted molar refractivity (Wildman–Crippen MR) is 99.6 cm³/mol. The van der Waals surface area contributed by atoms with Gasteiger partial charge < -0.3 is 10.2 Å². The minimum atomic E-state index is -0.185. The average Bonchev–Trinajstić information content (AvgIpc) is 3.40. The van der Waals surface area contributed by atoms with Crippen LogP contribution in [-0.4, -0.2) is 34.2 Å². The van der Waals surface area contributed by atoms with Gasteiger partial charge in [0.25, 0.3) is 0 Å². The number of benzene rings is 1. The summed E-state index contributed by atoms with van der Waals surface area (Å²) in [4.78, 5) is 6.76. The van der Waals surface area contributed by atoms with Gasteiger partial charge in [-0.1, -0.05) is 18.2 Å². The summed E-state index contributed by atoms with van der Waals surface area (Å²) in [5.74, 6) is 0.727. The molecule has 4 heterocycles. The zero-order valence-electron chi connectivity index (χ0n) is 14.4. The van der Waals surface area contributed by atoms with Gasteiger partial charge in [-0.25, -0.2) is 13.9 Å². The Labute approximate surface area is 151 Å². The van der Waals surface area contributed by atoms with Crippen molar-refractivity contribution in [3.8, 4) is 0 Å². The quantitative estimate of drug-likeness (QED) is 0.789. The van der Waals surface area contributed by atoms with E-state index < -0.39 is 0 Å². The first-order valence-corrected chi connectivity index (χ1v) is 9.06. The van der Waals surface area contributed by atoms with Gasteiger partial charge in [-0.05, 0) is 48.2 Å². The second kappa shape index (κ2) is 6.21. The fourth-order valence-electron chi connectivity index (χ4n) is 4.01. The summed E-state index contributed by atoms with van der Waals surface area (Å²) in [7, 11) is 0. The Kier molecular flexibility index (Phi) is 3.71. The molecule has 2 aliphatic heterocycles. The van der Waals surface area contributed by atoms with Crippen molar-refractivity contribution in [3.63, 3.8) is 0 Å². The zero-order chi connectivity index (χ0) is 17.5. The number of hydrogen-bond donors (Lipinski definition) is 1. The number of halogens is 1. The number of aromatic nitrogens is 3. The lowest BCUT2D eigenvalue weighted by molar-refractivity contribution is 0.617. The van der Waals surface area contributed by atoms with E-state index in [-0.39, 0.29) is 11.9 Å². The van der Waals surface area contributed by atoms with Crippen molar-refractivity contribution in [1.82, 2.24) is 19.9 Å². The molecule has 1 unspecified atom stereocenters. The lowest BCUT2D eigenvalue weighted by Crippen LogP contribution is -2.24. The van der Waals surface area contributed by atoms with Crippen molar-refractivity contribution in [1.29, 1.82) is 0 Å². The second-order valence-corrected chi connectivity index (χ2v) is 6.87. The molecule has 26 heavy (non-hydrogen) atoms. The van der Waals surface area contributed by atoms with Crippen LogP contribution in [0, 0.1) is 5.82 Å². The van der Waals surface area contributed by atoms with Crippen molar-refractivity contribution < 1.29 is 4.39 Å². The number of rotatable bonds is 3. The molecule has 1 fully saturated rings. The summed E-state index contributed by atoms with van der Waals surface area (Å²) in [6, 6.07) is 11.1. The minimum Gasteiger partial charge on any atom is -0.348 e. The van der Waals surface area contributed by atoms with Crippen LogP contribution in [0.1, 0.15) is 30.1 Å². The van der Waals surface area contributed by atoms with Crippen molar-refractivity contribution in [2.45, 2.75) is 18.9 Å². The van der Waals surface area contributed by atoms with Crippen LogP contribution in [0.2, 0.25) is 0 Å². The maximum Gasteiger partial charge on any atom is 0.154 e. The number of imidazole rings is 1. The molecule has 3 aromatic rings. The summed E-state index contributed by atoms with van der Waals surface area (Å²) >= 11 is 0. The first kappa shape index (κ1) is 15.5. The highest BCUT2D eigenvalue weighted by molar-refractivity contribution is 5.68. The largest absolute Gasteiger partial charge is 0.348 e. The Bertz CT molecular complexity index is 993. The van der Waals surface area contributed by atoms with E-state index in [1.807, 2.05) is 28.9 Å². The summed E-state index contributed by atoms with van der Waals surface area (Å²) in [6.45, 7) is 2.65. The first-order valence-electron chi connectivity index (χ1n) is 9.06. The summed E-state index contributed by atoms with van der Waals surface area (Å²) < 4.78 is 15.6. The lowest BCUT2D eigenvalue weighted by Gasteiger charge is -2.26. The molecular formula is C20H20FN5. The van der Waals surface area contributed by atoms with Crippen LogP contribution >= 0.6 is 0 Å². The van der Waals surface area contributed by atoms with Crippen molar-refractivity contribution >= 4 is 17.0 Å². The van der Waals surface area contributed by atoms with Gasteiger partial charge in [0.05, 0.1) is 17.9 Å². The van der Waals surface area contributed by atoms with Crippen LogP contribution in [0.15, 0.2) is 48.7 Å². The van der Waals surface area contributed by atoms with Gasteiger partial charge in [-0.2, -0.15) is 0 Å². The smallest absolute Gasteiger partial charge is 0.154 e. The minimum absolute atomic E-state index is 0.162. The third kappa shape index (κ3) is 2.57. The molecule has 1 aromatic carbocycles. The number of anilines is 1. The molecule has 0 radical (unpaired) electrons. The lowest BCUT2D eigenvalue weighted by atomic mass is 10.0. The number of fused-ring (bicyclic) bond motifs is 1. The van der Waals surface area contributed by atoms with E-state index in [0.29, 0.717) is 0 Å². The molecule has 2 aromatic heterocycles. The highest BCUT2D eigenvalue weighted by Gasteiger charge is 2.28. The Morgan fingerprint density at radius 2 is 2.15 bits per heavy atom. The van der Waals surface area contributed by atoms with Gasteiger partial charge in [0.15, 0.2) is 5.65 Å². The van der Waals surface area contributed by atoms with E-state index in [0.717, 1.165) is 55.2 Å². The molecule has 1 saturated heterocycles. The van der Waals surface area contributed by atoms with E-state index in [1.165, 1.54) is 11.6 Å². The van der Waals surface area contributed by atoms with Crippen LogP contribution in [0.25, 0.3) is 11.2 Å². The van der Waals surface area contributed by atoms with Gasteiger partial charge in [-0.15, -0.1) is 5.10 Å². The fraction of sp³-hybridized carbons (Fsp3) is 0.300. The third-order valence-electron chi connectivity index (χ3n) is 5.27. The molecule has 1 N–H and O–H groups in total. The molecule has 0 saturated carbocycles. The standard InChI is InChI=1S/C20H20FN5/c21-16-4-1-3-14(11-16)17-5-2-10-25(17)20-7-6-19-23-13-18(26(19)24-20)15-8-9-22-12-15/h1,3-4,6-8,11,13,17,22H,2,5,9-10,12H2. The van der Waals surface area contributed by atoms with E-state index in [2.05, 4.69) is 21.3 Å². The fourth-order valence-corrected chi connectivity index (χ4v) is 4.01. The molecule has 5 rings (SSSR count). The van der Waals surface area contributed by atoms with Gasteiger partial charge in [0.2, 0.25) is 0 Å². The van der Waals surface area contributed by atoms with E-state index in [9.17, 15) is 4.39 Å². The zero-order valence-corrected chi connectivity index (χ0v) is 14.4. The molecule has 1 atom stereocenters. The maximum absolute atomic E-state index is 13.7. The molecule has 0 aliphatic carbocycles. The topological polar surface area (TPSA) is 45.5 Å². The number of nitrogens with zero attached hydrogens (tertiary/aromatic N) is 4. The summed E-state index contributed by atoms with van der Waals surface area (Å²) in [6.07, 6.45) is 6.16. The molecular weight excluding hydrogens is 329 g/mol. The second-order valence-electron chi connectivity index (χ2n) is 6.87. The van der Waals surface area contributed by atoms with Gasteiger partial charge in [0, 0.05) is 19.6 Å². The van der Waals surface area contributed by atoms with Gasteiger partial charge in [-0.3, -0.25) is 0 Å². The third-order valence-corrected chi connectivity index (χ3v) is 5.27. The molecule has 6 heteroatoms. The SMILES string of the molecule is Fc1cccc(C2CCCN2c2ccc3ncc(C4=CCNC4)n3n2)c1. The highest BCUT2D eigenvalue weighted by atomic mass is 19.1. The van der Waals surface area contributed by atoms with Crippen LogP contribution in [0.4, 0.5) is 10.2 Å². The molecule has 0 amide bonds. The maximum atomic E-state index is 13.7.